The second-order valence-corrected chi connectivity index (χ2v) is 6.54. The van der Waals surface area contributed by atoms with Gasteiger partial charge >= 0.3 is 0 Å². The number of rotatable bonds is 4. The first-order valence-electron chi connectivity index (χ1n) is 8.80. The summed E-state index contributed by atoms with van der Waals surface area (Å²) in [6.07, 6.45) is 5.21. The van der Waals surface area contributed by atoms with Crippen molar-refractivity contribution in [2.45, 2.75) is 39.2 Å². The molecule has 2 aromatic heterocycles. The molecule has 3 heterocycles. The molecule has 0 N–H and O–H groups in total. The first-order valence-corrected chi connectivity index (χ1v) is 8.80. The molecule has 24 heavy (non-hydrogen) atoms. The highest BCUT2D eigenvalue weighted by molar-refractivity contribution is 5.77. The van der Waals surface area contributed by atoms with Gasteiger partial charge in [-0.2, -0.15) is 9.61 Å². The molecule has 1 aliphatic heterocycles. The summed E-state index contributed by atoms with van der Waals surface area (Å²) >= 11 is 0. The number of likely N-dealkylation sites (tertiary alicyclic amines) is 1. The van der Waals surface area contributed by atoms with Gasteiger partial charge in [0.15, 0.2) is 5.65 Å². The zero-order valence-electron chi connectivity index (χ0n) is 14.3. The van der Waals surface area contributed by atoms with Crippen LogP contribution in [0.25, 0.3) is 16.8 Å². The van der Waals surface area contributed by atoms with Crippen molar-refractivity contribution in [3.63, 3.8) is 0 Å². The van der Waals surface area contributed by atoms with Crippen molar-refractivity contribution < 1.29 is 0 Å². The fourth-order valence-corrected chi connectivity index (χ4v) is 3.54. The molecule has 4 rings (SSSR count). The summed E-state index contributed by atoms with van der Waals surface area (Å²) in [6, 6.07) is 11.5. The molecule has 1 fully saturated rings. The van der Waals surface area contributed by atoms with Crippen molar-refractivity contribution in [3.8, 4) is 11.1 Å². The van der Waals surface area contributed by atoms with Crippen LogP contribution in [0.1, 0.15) is 44.0 Å². The van der Waals surface area contributed by atoms with Crippen LogP contribution in [-0.4, -0.2) is 37.8 Å². The Morgan fingerprint density at radius 2 is 1.88 bits per heavy atom. The number of benzene rings is 1. The highest BCUT2D eigenvalue weighted by Gasteiger charge is 2.19. The van der Waals surface area contributed by atoms with Gasteiger partial charge in [-0.25, -0.2) is 0 Å². The van der Waals surface area contributed by atoms with E-state index in [4.69, 9.17) is 0 Å². The first-order chi connectivity index (χ1) is 11.8. The van der Waals surface area contributed by atoms with Crippen LogP contribution in [0.2, 0.25) is 0 Å². The summed E-state index contributed by atoms with van der Waals surface area (Å²) in [5.41, 5.74) is 5.50. The Morgan fingerprint density at radius 1 is 1.12 bits per heavy atom. The SMILES string of the molecule is CCc1cc(-c2ccc(C(C)N3CCCC3)cc2)c2nncn2n1. The van der Waals surface area contributed by atoms with Crippen LogP contribution in [0.5, 0.6) is 0 Å². The lowest BCUT2D eigenvalue weighted by Crippen LogP contribution is -2.23. The molecule has 1 aliphatic rings. The van der Waals surface area contributed by atoms with E-state index in [1.165, 1.54) is 37.1 Å². The maximum Gasteiger partial charge on any atom is 0.185 e. The Balaban J connectivity index is 1.69. The molecule has 0 aliphatic carbocycles. The van der Waals surface area contributed by atoms with Gasteiger partial charge in [0.1, 0.15) is 6.33 Å². The van der Waals surface area contributed by atoms with Crippen molar-refractivity contribution >= 4 is 5.65 Å². The first kappa shape index (κ1) is 15.3. The van der Waals surface area contributed by atoms with Gasteiger partial charge in [-0.3, -0.25) is 4.90 Å². The third-order valence-corrected chi connectivity index (χ3v) is 5.07. The van der Waals surface area contributed by atoms with E-state index in [2.05, 4.69) is 64.4 Å². The molecule has 5 nitrogen and oxygen atoms in total. The molecule has 1 saturated heterocycles. The maximum absolute atomic E-state index is 4.52. The minimum atomic E-state index is 0.485. The van der Waals surface area contributed by atoms with Gasteiger partial charge < -0.3 is 0 Å². The van der Waals surface area contributed by atoms with E-state index in [0.29, 0.717) is 6.04 Å². The van der Waals surface area contributed by atoms with E-state index in [1.807, 2.05) is 0 Å². The number of hydrogen-bond donors (Lipinski definition) is 0. The quantitative estimate of drug-likeness (QED) is 0.738. The molecule has 0 amide bonds. The number of nitrogens with zero attached hydrogens (tertiary/aromatic N) is 5. The average molecular weight is 321 g/mol. The molecule has 0 bridgehead atoms. The van der Waals surface area contributed by atoms with Crippen molar-refractivity contribution in [1.29, 1.82) is 0 Å². The van der Waals surface area contributed by atoms with Crippen LogP contribution in [0.4, 0.5) is 0 Å². The van der Waals surface area contributed by atoms with Gasteiger partial charge in [-0.1, -0.05) is 31.2 Å². The Hall–Kier alpha value is -2.27. The van der Waals surface area contributed by atoms with E-state index in [0.717, 1.165) is 23.3 Å². The summed E-state index contributed by atoms with van der Waals surface area (Å²) < 4.78 is 1.77. The topological polar surface area (TPSA) is 46.3 Å². The van der Waals surface area contributed by atoms with Crippen LogP contribution in [0.15, 0.2) is 36.7 Å². The minimum Gasteiger partial charge on any atom is -0.297 e. The van der Waals surface area contributed by atoms with E-state index in [-0.39, 0.29) is 0 Å². The van der Waals surface area contributed by atoms with Gasteiger partial charge in [0, 0.05) is 11.6 Å². The average Bonchev–Trinajstić information content (AvgIpc) is 3.31. The number of aryl methyl sites for hydroxylation is 1. The molecule has 0 spiro atoms. The highest BCUT2D eigenvalue weighted by Crippen LogP contribution is 2.28. The zero-order chi connectivity index (χ0) is 16.5. The fraction of sp³-hybridized carbons (Fsp3) is 0.421. The fourth-order valence-electron chi connectivity index (χ4n) is 3.54. The second-order valence-electron chi connectivity index (χ2n) is 6.54. The van der Waals surface area contributed by atoms with E-state index in [1.54, 1.807) is 10.8 Å². The van der Waals surface area contributed by atoms with E-state index >= 15 is 0 Å². The predicted octanol–water partition coefficient (Wildman–Crippen LogP) is 3.51. The molecule has 1 unspecified atom stereocenters. The van der Waals surface area contributed by atoms with Gasteiger partial charge in [-0.15, -0.1) is 10.2 Å². The molecular formula is C19H23N5. The Kier molecular flexibility index (Phi) is 4.02. The molecule has 0 radical (unpaired) electrons. The van der Waals surface area contributed by atoms with Crippen LogP contribution >= 0.6 is 0 Å². The van der Waals surface area contributed by atoms with Gasteiger partial charge in [0.05, 0.1) is 5.69 Å². The lowest BCUT2D eigenvalue weighted by Gasteiger charge is -2.24. The van der Waals surface area contributed by atoms with Crippen molar-refractivity contribution in [2.24, 2.45) is 0 Å². The number of aromatic nitrogens is 4. The number of hydrogen-bond acceptors (Lipinski definition) is 4. The molecule has 1 atom stereocenters. The monoisotopic (exact) mass is 321 g/mol. The van der Waals surface area contributed by atoms with Crippen LogP contribution in [-0.2, 0) is 6.42 Å². The molecule has 124 valence electrons. The smallest absolute Gasteiger partial charge is 0.185 e. The van der Waals surface area contributed by atoms with E-state index < -0.39 is 0 Å². The van der Waals surface area contributed by atoms with Crippen LogP contribution in [0.3, 0.4) is 0 Å². The lowest BCUT2D eigenvalue weighted by molar-refractivity contribution is 0.263. The number of fused-ring (bicyclic) bond motifs is 1. The van der Waals surface area contributed by atoms with Crippen molar-refractivity contribution in [1.82, 2.24) is 24.7 Å². The maximum atomic E-state index is 4.52. The minimum absolute atomic E-state index is 0.485. The summed E-state index contributed by atoms with van der Waals surface area (Å²) in [6.45, 7) is 6.85. The standard InChI is InChI=1S/C19H23N5/c1-3-17-12-18(19-21-20-13-24(19)22-17)16-8-6-15(7-9-16)14(2)23-10-4-5-11-23/h6-9,12-14H,3-5,10-11H2,1-2H3. The Labute approximate surface area is 142 Å². The van der Waals surface area contributed by atoms with Gasteiger partial charge in [-0.05, 0) is 56.5 Å². The summed E-state index contributed by atoms with van der Waals surface area (Å²) in [5.74, 6) is 0. The van der Waals surface area contributed by atoms with Gasteiger partial charge in [0.25, 0.3) is 0 Å². The molecule has 5 heteroatoms. The molecule has 1 aromatic carbocycles. The normalized spacial score (nSPS) is 16.8. The molecular weight excluding hydrogens is 298 g/mol. The summed E-state index contributed by atoms with van der Waals surface area (Å²) in [5, 5.41) is 12.8. The van der Waals surface area contributed by atoms with Crippen LogP contribution in [0, 0.1) is 0 Å². The summed E-state index contributed by atoms with van der Waals surface area (Å²) in [4.78, 5) is 2.56. The van der Waals surface area contributed by atoms with Crippen molar-refractivity contribution in [3.05, 3.63) is 47.9 Å². The largest absolute Gasteiger partial charge is 0.297 e. The molecule has 0 saturated carbocycles. The highest BCUT2D eigenvalue weighted by atomic mass is 15.3. The Morgan fingerprint density at radius 3 is 2.58 bits per heavy atom. The van der Waals surface area contributed by atoms with E-state index in [9.17, 15) is 0 Å². The summed E-state index contributed by atoms with van der Waals surface area (Å²) in [7, 11) is 0. The third-order valence-electron chi connectivity index (χ3n) is 5.07. The van der Waals surface area contributed by atoms with Gasteiger partial charge in [0.2, 0.25) is 0 Å². The molecule has 3 aromatic rings. The van der Waals surface area contributed by atoms with Crippen LogP contribution < -0.4 is 0 Å². The lowest BCUT2D eigenvalue weighted by atomic mass is 10.0. The predicted molar refractivity (Wildman–Crippen MR) is 94.8 cm³/mol. The zero-order valence-corrected chi connectivity index (χ0v) is 14.3. The second kappa shape index (κ2) is 6.32. The van der Waals surface area contributed by atoms with Crippen molar-refractivity contribution in [2.75, 3.05) is 13.1 Å². The Bertz CT molecular complexity index is 831. The third kappa shape index (κ3) is 2.69.